The van der Waals surface area contributed by atoms with E-state index in [0.717, 1.165) is 6.07 Å². The lowest BCUT2D eigenvalue weighted by Crippen LogP contribution is -2.03. The average Bonchev–Trinajstić information content (AvgIpc) is 2.30. The highest BCUT2D eigenvalue weighted by atomic mass is 19.1. The highest BCUT2D eigenvalue weighted by Crippen LogP contribution is 2.19. The van der Waals surface area contributed by atoms with E-state index in [2.05, 4.69) is 4.98 Å². The lowest BCUT2D eigenvalue weighted by molar-refractivity contribution is 0.0690. The van der Waals surface area contributed by atoms with E-state index >= 15 is 0 Å². The van der Waals surface area contributed by atoms with Crippen molar-refractivity contribution in [2.45, 2.75) is 0 Å². The maximum Gasteiger partial charge on any atom is 0.340 e. The van der Waals surface area contributed by atoms with Crippen LogP contribution in [0.2, 0.25) is 0 Å². The molecule has 0 radical (unpaired) electrons. The van der Waals surface area contributed by atoms with Gasteiger partial charge in [-0.2, -0.15) is 9.37 Å². The molecule has 0 saturated carbocycles. The summed E-state index contributed by atoms with van der Waals surface area (Å²) in [5, 5.41) is 8.63. The van der Waals surface area contributed by atoms with Crippen LogP contribution in [0.25, 0.3) is 0 Å². The van der Waals surface area contributed by atoms with Crippen LogP contribution < -0.4 is 4.74 Å². The molecule has 4 nitrogen and oxygen atoms in total. The van der Waals surface area contributed by atoms with Crippen LogP contribution in [0.4, 0.5) is 4.39 Å². The van der Waals surface area contributed by atoms with Gasteiger partial charge in [0.1, 0.15) is 11.3 Å². The summed E-state index contributed by atoms with van der Waals surface area (Å²) in [7, 11) is 0. The maximum atomic E-state index is 13.2. The predicted octanol–water partition coefficient (Wildman–Crippen LogP) is 2.71. The molecule has 1 aromatic heterocycles. The molecule has 1 N–H and O–H groups in total. The largest absolute Gasteiger partial charge is 0.478 e. The number of carboxylic acids is 1. The summed E-state index contributed by atoms with van der Waals surface area (Å²) in [6.45, 7) is 0. The molecule has 0 aliphatic heterocycles. The van der Waals surface area contributed by atoms with Gasteiger partial charge in [-0.05, 0) is 18.2 Å². The van der Waals surface area contributed by atoms with Crippen LogP contribution in [-0.2, 0) is 0 Å². The van der Waals surface area contributed by atoms with Gasteiger partial charge >= 0.3 is 5.97 Å². The Labute approximate surface area is 96.3 Å². The Morgan fingerprint density at radius 2 is 1.88 bits per heavy atom. The summed E-state index contributed by atoms with van der Waals surface area (Å²) in [4.78, 5) is 14.0. The van der Waals surface area contributed by atoms with Gasteiger partial charge in [-0.15, -0.1) is 0 Å². The minimum absolute atomic E-state index is 0.0127. The molecule has 2 aromatic rings. The third-order valence-electron chi connectivity index (χ3n) is 2.02. The molecule has 0 saturated heterocycles. The number of aromatic carboxylic acids is 1. The predicted molar refractivity (Wildman–Crippen MR) is 57.7 cm³/mol. The van der Waals surface area contributed by atoms with Crippen molar-refractivity contribution in [1.82, 2.24) is 4.98 Å². The van der Waals surface area contributed by atoms with Crippen LogP contribution in [0.1, 0.15) is 10.4 Å². The molecule has 5 heteroatoms. The highest BCUT2D eigenvalue weighted by Gasteiger charge is 2.12. The normalized spacial score (nSPS) is 9.94. The third-order valence-corrected chi connectivity index (χ3v) is 2.02. The summed E-state index contributed by atoms with van der Waals surface area (Å²) in [6.07, 6.45) is 0. The number of carbonyl (C=O) groups is 1. The Balaban J connectivity index is 2.24. The summed E-state index contributed by atoms with van der Waals surface area (Å²) in [5.41, 5.74) is -0.481. The second-order valence-corrected chi connectivity index (χ2v) is 3.21. The van der Waals surface area contributed by atoms with Crippen molar-refractivity contribution in [3.8, 4) is 11.6 Å². The summed E-state index contributed by atoms with van der Waals surface area (Å²) >= 11 is 0. The number of pyridine rings is 1. The lowest BCUT2D eigenvalue weighted by atomic mass is 10.3. The molecule has 0 spiro atoms. The first-order valence-electron chi connectivity index (χ1n) is 4.79. The van der Waals surface area contributed by atoms with Crippen molar-refractivity contribution >= 4 is 5.97 Å². The number of nitrogens with zero attached hydrogens (tertiary/aromatic N) is 1. The molecule has 0 aliphatic carbocycles. The van der Waals surface area contributed by atoms with E-state index in [1.807, 2.05) is 6.07 Å². The number of ether oxygens (including phenoxy) is 1. The van der Waals surface area contributed by atoms with Crippen molar-refractivity contribution in [2.75, 3.05) is 0 Å². The zero-order chi connectivity index (χ0) is 12.3. The van der Waals surface area contributed by atoms with Gasteiger partial charge in [0.05, 0.1) is 0 Å². The fourth-order valence-electron chi connectivity index (χ4n) is 1.24. The number of rotatable bonds is 3. The summed E-state index contributed by atoms with van der Waals surface area (Å²) in [5.74, 6) is -1.91. The molecule has 2 rings (SSSR count). The van der Waals surface area contributed by atoms with Gasteiger partial charge in [-0.1, -0.05) is 18.2 Å². The molecule has 0 unspecified atom stereocenters. The lowest BCUT2D eigenvalue weighted by Gasteiger charge is -2.04. The van der Waals surface area contributed by atoms with Crippen molar-refractivity contribution in [2.24, 2.45) is 0 Å². The second kappa shape index (κ2) is 4.61. The summed E-state index contributed by atoms with van der Waals surface area (Å²) < 4.78 is 18.5. The van der Waals surface area contributed by atoms with E-state index in [1.54, 1.807) is 24.3 Å². The maximum absolute atomic E-state index is 13.2. The van der Waals surface area contributed by atoms with E-state index in [0.29, 0.717) is 5.75 Å². The molecule has 0 aliphatic rings. The van der Waals surface area contributed by atoms with E-state index < -0.39 is 17.5 Å². The average molecular weight is 233 g/mol. The first-order chi connectivity index (χ1) is 8.16. The highest BCUT2D eigenvalue weighted by molar-refractivity contribution is 5.87. The van der Waals surface area contributed by atoms with Crippen molar-refractivity contribution in [3.63, 3.8) is 0 Å². The Kier molecular flexibility index (Phi) is 3.00. The van der Waals surface area contributed by atoms with Crippen molar-refractivity contribution in [1.29, 1.82) is 0 Å². The van der Waals surface area contributed by atoms with Crippen molar-refractivity contribution < 1.29 is 19.0 Å². The Bertz CT molecular complexity index is 543. The van der Waals surface area contributed by atoms with Crippen LogP contribution >= 0.6 is 0 Å². The van der Waals surface area contributed by atoms with Crippen LogP contribution in [0.3, 0.4) is 0 Å². The van der Waals surface area contributed by atoms with Gasteiger partial charge in [-0.3, -0.25) is 0 Å². The third kappa shape index (κ3) is 2.57. The fraction of sp³-hybridized carbons (Fsp3) is 0. The zero-order valence-corrected chi connectivity index (χ0v) is 8.63. The number of halogens is 1. The second-order valence-electron chi connectivity index (χ2n) is 3.21. The smallest absolute Gasteiger partial charge is 0.340 e. The number of carboxylic acid groups (broad SMARTS) is 1. The minimum Gasteiger partial charge on any atom is -0.478 e. The van der Waals surface area contributed by atoms with Crippen molar-refractivity contribution in [3.05, 3.63) is 54.0 Å². The zero-order valence-electron chi connectivity index (χ0n) is 8.63. The summed E-state index contributed by atoms with van der Waals surface area (Å²) in [6, 6.07) is 11.1. The molecule has 0 fully saturated rings. The van der Waals surface area contributed by atoms with Gasteiger partial charge in [0.15, 0.2) is 0 Å². The van der Waals surface area contributed by atoms with Gasteiger partial charge in [0, 0.05) is 6.07 Å². The number of benzene rings is 1. The Morgan fingerprint density at radius 3 is 2.47 bits per heavy atom. The minimum atomic E-state index is -1.36. The molecule has 1 aromatic carbocycles. The molecule has 0 amide bonds. The molecule has 0 atom stereocenters. The van der Waals surface area contributed by atoms with Crippen LogP contribution in [-0.4, -0.2) is 16.1 Å². The molecule has 86 valence electrons. The van der Waals surface area contributed by atoms with E-state index in [9.17, 15) is 9.18 Å². The van der Waals surface area contributed by atoms with Gasteiger partial charge in [-0.25, -0.2) is 4.79 Å². The number of hydrogen-bond donors (Lipinski definition) is 1. The van der Waals surface area contributed by atoms with Crippen LogP contribution in [0, 0.1) is 5.95 Å². The SMILES string of the molecule is O=C(O)c1ccc(Oc2ccccc2)nc1F. The van der Waals surface area contributed by atoms with Gasteiger partial charge in [0.25, 0.3) is 0 Å². The van der Waals surface area contributed by atoms with Crippen LogP contribution in [0.15, 0.2) is 42.5 Å². The van der Waals surface area contributed by atoms with E-state index in [4.69, 9.17) is 9.84 Å². The fourth-order valence-corrected chi connectivity index (χ4v) is 1.24. The van der Waals surface area contributed by atoms with E-state index in [1.165, 1.54) is 6.07 Å². The quantitative estimate of drug-likeness (QED) is 0.828. The van der Waals surface area contributed by atoms with Gasteiger partial charge < -0.3 is 9.84 Å². The molecule has 0 bridgehead atoms. The molecular weight excluding hydrogens is 225 g/mol. The van der Waals surface area contributed by atoms with E-state index in [-0.39, 0.29) is 5.88 Å². The molecule has 1 heterocycles. The first kappa shape index (κ1) is 11.1. The Morgan fingerprint density at radius 1 is 1.18 bits per heavy atom. The number of para-hydroxylation sites is 1. The Hall–Kier alpha value is -2.43. The molecule has 17 heavy (non-hydrogen) atoms. The standard InChI is InChI=1S/C12H8FNO3/c13-11-9(12(15)16)6-7-10(14-11)17-8-4-2-1-3-5-8/h1-7H,(H,15,16). The number of hydrogen-bond acceptors (Lipinski definition) is 3. The monoisotopic (exact) mass is 233 g/mol. The van der Waals surface area contributed by atoms with Crippen LogP contribution in [0.5, 0.6) is 11.6 Å². The van der Waals surface area contributed by atoms with Gasteiger partial charge in [0.2, 0.25) is 11.8 Å². The number of aromatic nitrogens is 1. The topological polar surface area (TPSA) is 59.4 Å². The first-order valence-corrected chi connectivity index (χ1v) is 4.79. The molecular formula is C12H8FNO3.